The van der Waals surface area contributed by atoms with E-state index in [-0.39, 0.29) is 11.8 Å². The highest BCUT2D eigenvalue weighted by Gasteiger charge is 2.37. The normalized spacial score (nSPS) is 21.1. The number of carbonyl (C=O) groups is 1. The highest BCUT2D eigenvalue weighted by Crippen LogP contribution is 2.33. The summed E-state index contributed by atoms with van der Waals surface area (Å²) in [6, 6.07) is 15.9. The molecule has 0 fully saturated rings. The fourth-order valence-electron chi connectivity index (χ4n) is 4.61. The Hall–Kier alpha value is -3.21. The van der Waals surface area contributed by atoms with Crippen LogP contribution in [0, 0.1) is 11.8 Å². The van der Waals surface area contributed by atoms with Crippen LogP contribution >= 0.6 is 0 Å². The van der Waals surface area contributed by atoms with Gasteiger partial charge in [0.1, 0.15) is 5.78 Å². The number of para-hydroxylation sites is 4. The lowest BCUT2D eigenvalue weighted by molar-refractivity contribution is -0.126. The Kier molecular flexibility index (Phi) is 3.33. The van der Waals surface area contributed by atoms with Gasteiger partial charge in [0, 0.05) is 37.5 Å². The summed E-state index contributed by atoms with van der Waals surface area (Å²) in [4.78, 5) is 32.7. The highest BCUT2D eigenvalue weighted by molar-refractivity contribution is 5.86. The third-order valence-corrected chi connectivity index (χ3v) is 6.02. The Balaban J connectivity index is 1.48. The van der Waals surface area contributed by atoms with E-state index in [1.807, 2.05) is 48.5 Å². The Morgan fingerprint density at radius 2 is 0.821 bits per heavy atom. The summed E-state index contributed by atoms with van der Waals surface area (Å²) in [6.45, 7) is 0. The summed E-state index contributed by atoms with van der Waals surface area (Å²) >= 11 is 0. The largest absolute Gasteiger partial charge is 0.299 e. The molecule has 28 heavy (non-hydrogen) atoms. The van der Waals surface area contributed by atoms with E-state index in [0.29, 0.717) is 31.5 Å². The molecular weight excluding hydrogens is 348 g/mol. The van der Waals surface area contributed by atoms with Gasteiger partial charge in [0.25, 0.3) is 0 Å². The molecule has 0 atom stereocenters. The van der Waals surface area contributed by atoms with E-state index in [4.69, 9.17) is 19.9 Å². The minimum Gasteiger partial charge on any atom is -0.299 e. The topological polar surface area (TPSA) is 68.6 Å². The molecule has 2 aliphatic rings. The van der Waals surface area contributed by atoms with E-state index in [9.17, 15) is 4.79 Å². The first-order chi connectivity index (χ1) is 13.7. The van der Waals surface area contributed by atoms with E-state index in [1.54, 1.807) is 0 Å². The first-order valence-corrected chi connectivity index (χ1v) is 9.77. The van der Waals surface area contributed by atoms with E-state index in [0.717, 1.165) is 44.8 Å². The molecule has 0 amide bonds. The van der Waals surface area contributed by atoms with Gasteiger partial charge >= 0.3 is 0 Å². The molecule has 0 saturated carbocycles. The molecule has 2 aromatic heterocycles. The third-order valence-electron chi connectivity index (χ3n) is 6.02. The SMILES string of the molecule is O=C1C2Cc3nc4ccccc4nc3CC1Cc1nc3ccccc3nc1C2. The van der Waals surface area contributed by atoms with Gasteiger partial charge in [-0.05, 0) is 24.3 Å². The summed E-state index contributed by atoms with van der Waals surface area (Å²) in [5.41, 5.74) is 7.47. The molecule has 0 N–H and O–H groups in total. The molecule has 0 spiro atoms. The fourth-order valence-corrected chi connectivity index (χ4v) is 4.61. The monoisotopic (exact) mass is 366 g/mol. The first-order valence-electron chi connectivity index (χ1n) is 9.77. The summed E-state index contributed by atoms with van der Waals surface area (Å²) in [6.07, 6.45) is 2.54. The first kappa shape index (κ1) is 15.8. The van der Waals surface area contributed by atoms with Crippen molar-refractivity contribution in [3.8, 4) is 0 Å². The van der Waals surface area contributed by atoms with Gasteiger partial charge in [-0.2, -0.15) is 0 Å². The summed E-state index contributed by atoms with van der Waals surface area (Å²) in [5, 5.41) is 0. The molecule has 0 unspecified atom stereocenters. The Morgan fingerprint density at radius 1 is 0.536 bits per heavy atom. The Labute approximate surface area is 161 Å². The molecule has 0 aliphatic heterocycles. The van der Waals surface area contributed by atoms with Crippen LogP contribution in [-0.4, -0.2) is 25.7 Å². The molecule has 5 heteroatoms. The van der Waals surface area contributed by atoms with Crippen LogP contribution in [0.15, 0.2) is 48.5 Å². The van der Waals surface area contributed by atoms with Crippen LogP contribution in [0.4, 0.5) is 0 Å². The van der Waals surface area contributed by atoms with Gasteiger partial charge in [-0.25, -0.2) is 19.9 Å². The zero-order chi connectivity index (χ0) is 18.7. The predicted molar refractivity (Wildman–Crippen MR) is 106 cm³/mol. The molecule has 2 bridgehead atoms. The average molecular weight is 366 g/mol. The molecule has 5 nitrogen and oxygen atoms in total. The second kappa shape index (κ2) is 5.89. The van der Waals surface area contributed by atoms with Crippen molar-refractivity contribution in [3.63, 3.8) is 0 Å². The number of hydrogen-bond donors (Lipinski definition) is 0. The maximum Gasteiger partial charge on any atom is 0.140 e. The van der Waals surface area contributed by atoms with Crippen molar-refractivity contribution in [2.24, 2.45) is 11.8 Å². The smallest absolute Gasteiger partial charge is 0.140 e. The highest BCUT2D eigenvalue weighted by atomic mass is 16.1. The number of ketones is 1. The molecule has 0 radical (unpaired) electrons. The van der Waals surface area contributed by atoms with Crippen molar-refractivity contribution >= 4 is 27.9 Å². The van der Waals surface area contributed by atoms with Crippen LogP contribution in [0.3, 0.4) is 0 Å². The van der Waals surface area contributed by atoms with Crippen LogP contribution in [0.5, 0.6) is 0 Å². The second-order valence-electron chi connectivity index (χ2n) is 7.82. The van der Waals surface area contributed by atoms with Gasteiger partial charge in [-0.15, -0.1) is 0 Å². The minimum absolute atomic E-state index is 0.0987. The Morgan fingerprint density at radius 3 is 1.11 bits per heavy atom. The molecule has 2 aliphatic carbocycles. The van der Waals surface area contributed by atoms with E-state index < -0.39 is 0 Å². The number of Topliss-reactive ketones (excluding diaryl/α,β-unsaturated/α-hetero) is 1. The number of aromatic nitrogens is 4. The van der Waals surface area contributed by atoms with Crippen LogP contribution in [-0.2, 0) is 30.5 Å². The van der Waals surface area contributed by atoms with Gasteiger partial charge in [0.15, 0.2) is 0 Å². The van der Waals surface area contributed by atoms with Gasteiger partial charge in [0.05, 0.1) is 44.8 Å². The number of fused-ring (bicyclic) bond motifs is 6. The summed E-state index contributed by atoms with van der Waals surface area (Å²) in [7, 11) is 0. The van der Waals surface area contributed by atoms with Gasteiger partial charge < -0.3 is 0 Å². The standard InChI is InChI=1S/C23H18N4O/c28-23-13-9-19-20(25-16-6-2-1-5-15(16)24-19)10-14(23)12-22-21(11-13)26-17-7-3-4-8-18(17)27-22/h1-8,13-14H,9-12H2. The lowest BCUT2D eigenvalue weighted by Crippen LogP contribution is -2.24. The van der Waals surface area contributed by atoms with Crippen molar-refractivity contribution in [3.05, 3.63) is 71.3 Å². The minimum atomic E-state index is -0.0987. The van der Waals surface area contributed by atoms with Crippen molar-refractivity contribution < 1.29 is 4.79 Å². The Bertz CT molecular complexity index is 1080. The third kappa shape index (κ3) is 2.43. The molecule has 6 rings (SSSR count). The molecular formula is C23H18N4O. The van der Waals surface area contributed by atoms with E-state index in [2.05, 4.69) is 0 Å². The van der Waals surface area contributed by atoms with Crippen molar-refractivity contribution in [1.82, 2.24) is 19.9 Å². The molecule has 2 heterocycles. The predicted octanol–water partition coefficient (Wildman–Crippen LogP) is 3.27. The van der Waals surface area contributed by atoms with Gasteiger partial charge in [0.2, 0.25) is 0 Å². The average Bonchev–Trinajstić information content (AvgIpc) is 2.91. The number of hydrogen-bond acceptors (Lipinski definition) is 5. The number of carbonyl (C=O) groups excluding carboxylic acids is 1. The van der Waals surface area contributed by atoms with Crippen molar-refractivity contribution in [1.29, 1.82) is 0 Å². The summed E-state index contributed by atoms with van der Waals surface area (Å²) in [5.74, 6) is 0.115. The number of nitrogens with zero attached hydrogens (tertiary/aromatic N) is 4. The van der Waals surface area contributed by atoms with Gasteiger partial charge in [-0.3, -0.25) is 4.79 Å². The number of benzene rings is 2. The summed E-state index contributed by atoms with van der Waals surface area (Å²) < 4.78 is 0. The molecule has 2 aromatic carbocycles. The lowest BCUT2D eigenvalue weighted by atomic mass is 9.89. The zero-order valence-electron chi connectivity index (χ0n) is 15.3. The number of rotatable bonds is 0. The lowest BCUT2D eigenvalue weighted by Gasteiger charge is -2.13. The van der Waals surface area contributed by atoms with E-state index >= 15 is 0 Å². The van der Waals surface area contributed by atoms with E-state index in [1.165, 1.54) is 0 Å². The molecule has 136 valence electrons. The van der Waals surface area contributed by atoms with Gasteiger partial charge in [-0.1, -0.05) is 24.3 Å². The van der Waals surface area contributed by atoms with Crippen LogP contribution in [0.25, 0.3) is 22.1 Å². The van der Waals surface area contributed by atoms with Crippen molar-refractivity contribution in [2.45, 2.75) is 25.7 Å². The fraction of sp³-hybridized carbons (Fsp3) is 0.261. The van der Waals surface area contributed by atoms with Crippen LogP contribution in [0.2, 0.25) is 0 Å². The van der Waals surface area contributed by atoms with Crippen molar-refractivity contribution in [2.75, 3.05) is 0 Å². The quantitative estimate of drug-likeness (QED) is 0.478. The van der Waals surface area contributed by atoms with Crippen LogP contribution in [0.1, 0.15) is 22.8 Å². The van der Waals surface area contributed by atoms with Crippen LogP contribution < -0.4 is 0 Å². The molecule has 0 saturated heterocycles. The molecule has 4 aromatic rings. The maximum absolute atomic E-state index is 13.3. The maximum atomic E-state index is 13.3. The second-order valence-corrected chi connectivity index (χ2v) is 7.82. The zero-order valence-corrected chi connectivity index (χ0v) is 15.3.